The van der Waals surface area contributed by atoms with Gasteiger partial charge in [-0.25, -0.2) is 13.1 Å². The van der Waals surface area contributed by atoms with Gasteiger partial charge in [0, 0.05) is 32.0 Å². The topological polar surface area (TPSA) is 171 Å². The summed E-state index contributed by atoms with van der Waals surface area (Å²) in [4.78, 5) is 59.8. The lowest BCUT2D eigenvalue weighted by Gasteiger charge is -2.39. The fraction of sp³-hybridized carbons (Fsp3) is 0.676. The number of anilines is 1. The Kier molecular flexibility index (Phi) is 15.3. The van der Waals surface area contributed by atoms with Crippen molar-refractivity contribution >= 4 is 39.3 Å². The number of methoxy groups -OCH3 is 1. The van der Waals surface area contributed by atoms with Crippen LogP contribution in [0.2, 0.25) is 0 Å². The zero-order chi connectivity index (χ0) is 39.2. The highest BCUT2D eigenvalue weighted by atomic mass is 32.2. The van der Waals surface area contributed by atoms with Crippen LogP contribution in [0.1, 0.15) is 75.2 Å². The van der Waals surface area contributed by atoms with Crippen LogP contribution in [0.3, 0.4) is 0 Å². The second-order valence-corrected chi connectivity index (χ2v) is 17.4. The smallest absolute Gasteiger partial charge is 0.264 e. The van der Waals surface area contributed by atoms with Gasteiger partial charge in [0.05, 0.1) is 35.0 Å². The van der Waals surface area contributed by atoms with Crippen molar-refractivity contribution in [1.29, 1.82) is 0 Å². The molecule has 6 atom stereocenters. The summed E-state index contributed by atoms with van der Waals surface area (Å²) in [6.07, 6.45) is 2.23. The summed E-state index contributed by atoms with van der Waals surface area (Å²) in [7, 11) is 2.65. The monoisotopic (exact) mass is 734 g/mol. The maximum Gasteiger partial charge on any atom is 0.264 e. The molecule has 0 radical (unpaired) electrons. The highest BCUT2D eigenvalue weighted by Crippen LogP contribution is 2.29. The second kappa shape index (κ2) is 17.8. The minimum Gasteiger partial charge on any atom is -0.399 e. The molecule has 4 N–H and O–H groups in total. The number of nitrogen functional groups attached to an aromatic ring is 1. The standard InChI is InChI=1S/C37H62N6O7S/c1-22(2)29(42(12)36(47)32(37(7,8)9)39-34(45)30(23(3)4)41(10)11)21-24(5)35(46)43-20-14-15-28(43)31(50-13)25(6)33(44)40-51(48,49)27-18-16-26(38)17-19-27/h16-19,21-23,25,28-32H,14-15,20,38H2,1-13H3,(H,39,45)(H,40,44)/b24-21+/t25-,28+,29?,30?,31-,32-/m1/s1. The molecule has 2 rings (SSSR count). The van der Waals surface area contributed by atoms with E-state index in [1.807, 2.05) is 67.5 Å². The predicted molar refractivity (Wildman–Crippen MR) is 200 cm³/mol. The Morgan fingerprint density at radius 3 is 2.02 bits per heavy atom. The first-order valence-electron chi connectivity index (χ1n) is 17.6. The molecule has 51 heavy (non-hydrogen) atoms. The molecule has 4 amide bonds. The number of nitrogens with zero attached hydrogens (tertiary/aromatic N) is 3. The number of amides is 4. The third-order valence-corrected chi connectivity index (χ3v) is 11.0. The van der Waals surface area contributed by atoms with E-state index >= 15 is 0 Å². The van der Waals surface area contributed by atoms with Gasteiger partial charge in [0.2, 0.25) is 23.6 Å². The Bertz CT molecular complexity index is 1510. The van der Waals surface area contributed by atoms with Crippen molar-refractivity contribution in [3.63, 3.8) is 0 Å². The summed E-state index contributed by atoms with van der Waals surface area (Å²) < 4.78 is 33.7. The summed E-state index contributed by atoms with van der Waals surface area (Å²) in [5, 5.41) is 3.03. The fourth-order valence-electron chi connectivity index (χ4n) is 6.83. The van der Waals surface area contributed by atoms with Gasteiger partial charge in [-0.3, -0.25) is 24.1 Å². The number of likely N-dealkylation sites (tertiary alicyclic amines) is 1. The van der Waals surface area contributed by atoms with E-state index in [1.165, 1.54) is 31.4 Å². The highest BCUT2D eigenvalue weighted by molar-refractivity contribution is 7.90. The molecule has 1 aliphatic rings. The van der Waals surface area contributed by atoms with Crippen molar-refractivity contribution < 1.29 is 32.3 Å². The maximum atomic E-state index is 14.1. The van der Waals surface area contributed by atoms with Crippen LogP contribution in [-0.2, 0) is 33.9 Å². The average molecular weight is 735 g/mol. The fourth-order valence-corrected chi connectivity index (χ4v) is 7.89. The molecule has 0 saturated carbocycles. The van der Waals surface area contributed by atoms with E-state index in [0.717, 1.165) is 0 Å². The van der Waals surface area contributed by atoms with Crippen LogP contribution in [-0.4, -0.2) is 112 Å². The molecule has 2 unspecified atom stereocenters. The molecular weight excluding hydrogens is 673 g/mol. The van der Waals surface area contributed by atoms with Gasteiger partial charge in [-0.15, -0.1) is 0 Å². The van der Waals surface area contributed by atoms with E-state index in [0.29, 0.717) is 30.6 Å². The SMILES string of the molecule is CO[C@H]([C@@H](C)C(=O)NS(=O)(=O)c1ccc(N)cc1)[C@@H]1CCCN1C(=O)/C(C)=C/C(C(C)C)N(C)C(=O)[C@@H](NC(=O)C(C(C)C)N(C)C)C(C)(C)C. The van der Waals surface area contributed by atoms with Crippen LogP contribution in [0.25, 0.3) is 0 Å². The summed E-state index contributed by atoms with van der Waals surface area (Å²) in [5.74, 6) is -2.47. The number of hydrogen-bond acceptors (Lipinski definition) is 9. The van der Waals surface area contributed by atoms with E-state index < -0.39 is 57.5 Å². The minimum absolute atomic E-state index is 0.0283. The van der Waals surface area contributed by atoms with Crippen LogP contribution in [0, 0.1) is 23.2 Å². The Morgan fingerprint density at radius 1 is 0.980 bits per heavy atom. The zero-order valence-corrected chi connectivity index (χ0v) is 33.6. The van der Waals surface area contributed by atoms with Crippen LogP contribution in [0.15, 0.2) is 40.8 Å². The van der Waals surface area contributed by atoms with E-state index in [1.54, 1.807) is 36.8 Å². The van der Waals surface area contributed by atoms with E-state index in [2.05, 4.69) is 10.0 Å². The molecule has 14 heteroatoms. The molecule has 1 fully saturated rings. The minimum atomic E-state index is -4.16. The van der Waals surface area contributed by atoms with Gasteiger partial charge in [-0.1, -0.05) is 61.5 Å². The molecule has 0 aromatic heterocycles. The molecule has 1 heterocycles. The number of carbonyl (C=O) groups is 4. The first-order chi connectivity index (χ1) is 23.5. The summed E-state index contributed by atoms with van der Waals surface area (Å²) in [6, 6.07) is 3.31. The number of hydrogen-bond donors (Lipinski definition) is 3. The number of likely N-dealkylation sites (N-methyl/N-ethyl adjacent to an activating group) is 2. The van der Waals surface area contributed by atoms with Crippen molar-refractivity contribution in [3.05, 3.63) is 35.9 Å². The highest BCUT2D eigenvalue weighted by Gasteiger charge is 2.42. The molecule has 1 aromatic carbocycles. The third kappa shape index (κ3) is 11.0. The Hall–Kier alpha value is -3.49. The largest absolute Gasteiger partial charge is 0.399 e. The molecule has 1 aromatic rings. The first kappa shape index (κ1) is 43.7. The van der Waals surface area contributed by atoms with Crippen molar-refractivity contribution in [2.75, 3.05) is 40.5 Å². The maximum absolute atomic E-state index is 14.1. The normalized spacial score (nSPS) is 18.7. The second-order valence-electron chi connectivity index (χ2n) is 15.7. The summed E-state index contributed by atoms with van der Waals surface area (Å²) in [6.45, 7) is 17.3. The van der Waals surface area contributed by atoms with Gasteiger partial charge in [0.25, 0.3) is 10.0 Å². The van der Waals surface area contributed by atoms with Gasteiger partial charge in [0.1, 0.15) is 6.04 Å². The van der Waals surface area contributed by atoms with E-state index in [-0.39, 0.29) is 34.5 Å². The van der Waals surface area contributed by atoms with Gasteiger partial charge in [0.15, 0.2) is 0 Å². The van der Waals surface area contributed by atoms with Crippen molar-refractivity contribution in [2.24, 2.45) is 23.2 Å². The number of carbonyl (C=O) groups excluding carboxylic acids is 4. The van der Waals surface area contributed by atoms with Gasteiger partial charge in [-0.05, 0) is 75.4 Å². The van der Waals surface area contributed by atoms with E-state index in [4.69, 9.17) is 10.5 Å². The summed E-state index contributed by atoms with van der Waals surface area (Å²) in [5.41, 5.74) is 5.89. The van der Waals surface area contributed by atoms with Crippen molar-refractivity contribution in [2.45, 2.75) is 110 Å². The van der Waals surface area contributed by atoms with Crippen molar-refractivity contribution in [3.8, 4) is 0 Å². The van der Waals surface area contributed by atoms with Crippen molar-refractivity contribution in [1.82, 2.24) is 24.7 Å². The summed E-state index contributed by atoms with van der Waals surface area (Å²) >= 11 is 0. The number of nitrogens with one attached hydrogen (secondary N) is 2. The number of ether oxygens (including phenoxy) is 1. The molecule has 0 aliphatic carbocycles. The molecule has 1 aliphatic heterocycles. The Morgan fingerprint density at radius 2 is 1.55 bits per heavy atom. The Balaban J connectivity index is 2.32. The quantitative estimate of drug-likeness (QED) is 0.181. The number of benzene rings is 1. The van der Waals surface area contributed by atoms with Gasteiger partial charge >= 0.3 is 0 Å². The van der Waals surface area contributed by atoms with Gasteiger partial charge in [-0.2, -0.15) is 0 Å². The molecule has 0 bridgehead atoms. The van der Waals surface area contributed by atoms with Crippen LogP contribution in [0.5, 0.6) is 0 Å². The van der Waals surface area contributed by atoms with Crippen LogP contribution in [0.4, 0.5) is 5.69 Å². The lowest BCUT2D eigenvalue weighted by atomic mass is 9.84. The molecular formula is C37H62N6O7S. The molecule has 13 nitrogen and oxygen atoms in total. The number of sulfonamides is 1. The average Bonchev–Trinajstić information content (AvgIpc) is 3.50. The van der Waals surface area contributed by atoms with E-state index in [9.17, 15) is 27.6 Å². The number of rotatable bonds is 15. The predicted octanol–water partition coefficient (Wildman–Crippen LogP) is 3.26. The first-order valence-corrected chi connectivity index (χ1v) is 19.1. The van der Waals surface area contributed by atoms with Crippen LogP contribution >= 0.6 is 0 Å². The lowest BCUT2D eigenvalue weighted by Crippen LogP contribution is -2.59. The molecule has 288 valence electrons. The van der Waals surface area contributed by atoms with Gasteiger partial charge < -0.3 is 25.6 Å². The Labute approximate surface area is 305 Å². The third-order valence-electron chi connectivity index (χ3n) is 9.64. The number of nitrogens with two attached hydrogens (primary N) is 1. The lowest BCUT2D eigenvalue weighted by molar-refractivity contribution is -0.141. The van der Waals surface area contributed by atoms with Crippen LogP contribution < -0.4 is 15.8 Å². The molecule has 0 spiro atoms. The molecule has 1 saturated heterocycles. The zero-order valence-electron chi connectivity index (χ0n) is 32.8.